The van der Waals surface area contributed by atoms with Gasteiger partial charge in [0.15, 0.2) is 15.7 Å². The molecule has 2 amide bonds. The molecule has 1 aromatic carbocycles. The highest BCUT2D eigenvalue weighted by Gasteiger charge is 2.33. The van der Waals surface area contributed by atoms with Crippen LogP contribution >= 0.6 is 0 Å². The van der Waals surface area contributed by atoms with E-state index < -0.39 is 27.7 Å². The molecule has 14 heteroatoms. The number of piperazine rings is 1. The Kier molecular flexibility index (Phi) is 9.99. The van der Waals surface area contributed by atoms with E-state index >= 15 is 0 Å². The predicted octanol–water partition coefficient (Wildman–Crippen LogP) is 3.63. The zero-order chi connectivity index (χ0) is 28.8. The second-order valence-electron chi connectivity index (χ2n) is 9.16. The van der Waals surface area contributed by atoms with E-state index in [1.807, 2.05) is 18.7 Å². The van der Waals surface area contributed by atoms with Gasteiger partial charge in [-0.05, 0) is 25.0 Å². The number of anilines is 1. The standard InChI is InChI=1S/C23H28F3N5O5S.C2H6/c1-16(32)27-21-4-7-31(28-21)22(33)30-10-8-29(9-11-30)15-17-2-3-18(23(24,25)26)14-20(17)36-19-5-12-37(34,35)13-6-19;1-2/h2-4,7,14,19H,5-6,8-13,15H2,1H3,(H,27,28,32);1-2H3. The molecule has 0 aliphatic carbocycles. The number of alkyl halides is 3. The lowest BCUT2D eigenvalue weighted by atomic mass is 10.1. The van der Waals surface area contributed by atoms with Gasteiger partial charge in [0.1, 0.15) is 11.9 Å². The van der Waals surface area contributed by atoms with Gasteiger partial charge in [0.05, 0.1) is 17.1 Å². The van der Waals surface area contributed by atoms with Crippen molar-refractivity contribution in [2.75, 3.05) is 43.0 Å². The zero-order valence-electron chi connectivity index (χ0n) is 22.2. The Morgan fingerprint density at radius 2 is 1.72 bits per heavy atom. The number of rotatable bonds is 5. The van der Waals surface area contributed by atoms with E-state index in [0.29, 0.717) is 38.3 Å². The van der Waals surface area contributed by atoms with Crippen molar-refractivity contribution in [3.63, 3.8) is 0 Å². The van der Waals surface area contributed by atoms with Gasteiger partial charge in [-0.25, -0.2) is 13.2 Å². The lowest BCUT2D eigenvalue weighted by molar-refractivity contribution is -0.137. The number of carbonyl (C=O) groups is 2. The third kappa shape index (κ3) is 8.43. The summed E-state index contributed by atoms with van der Waals surface area (Å²) in [5, 5.41) is 6.56. The van der Waals surface area contributed by atoms with Crippen LogP contribution in [-0.2, 0) is 27.4 Å². The van der Waals surface area contributed by atoms with Crippen molar-refractivity contribution in [1.82, 2.24) is 19.6 Å². The molecule has 1 aromatic heterocycles. The zero-order valence-corrected chi connectivity index (χ0v) is 23.0. The van der Waals surface area contributed by atoms with Crippen LogP contribution in [0.1, 0.15) is 44.7 Å². The molecule has 0 atom stereocenters. The van der Waals surface area contributed by atoms with E-state index in [9.17, 15) is 31.2 Å². The lowest BCUT2D eigenvalue weighted by Gasteiger charge is -2.35. The van der Waals surface area contributed by atoms with Crippen molar-refractivity contribution in [1.29, 1.82) is 0 Å². The minimum atomic E-state index is -4.54. The van der Waals surface area contributed by atoms with Gasteiger partial charge in [0.2, 0.25) is 5.91 Å². The molecule has 39 heavy (non-hydrogen) atoms. The Morgan fingerprint density at radius 1 is 1.08 bits per heavy atom. The Hall–Kier alpha value is -3.13. The predicted molar refractivity (Wildman–Crippen MR) is 139 cm³/mol. The largest absolute Gasteiger partial charge is 0.490 e. The summed E-state index contributed by atoms with van der Waals surface area (Å²) in [4.78, 5) is 27.5. The normalized spacial score (nSPS) is 18.2. The third-order valence-corrected chi connectivity index (χ3v) is 8.03. The Labute approximate surface area is 226 Å². The van der Waals surface area contributed by atoms with Gasteiger partial charge in [-0.1, -0.05) is 19.9 Å². The average Bonchev–Trinajstić information content (AvgIpc) is 3.34. The minimum Gasteiger partial charge on any atom is -0.490 e. The number of halogens is 3. The molecule has 3 heterocycles. The maximum atomic E-state index is 13.4. The van der Waals surface area contributed by atoms with Crippen LogP contribution < -0.4 is 10.1 Å². The number of carbonyl (C=O) groups excluding carboxylic acids is 2. The Morgan fingerprint density at radius 3 is 2.31 bits per heavy atom. The van der Waals surface area contributed by atoms with Crippen molar-refractivity contribution < 1.29 is 35.9 Å². The smallest absolute Gasteiger partial charge is 0.416 e. The molecule has 0 spiro atoms. The van der Waals surface area contributed by atoms with Crippen molar-refractivity contribution >= 4 is 27.6 Å². The molecule has 1 N–H and O–H groups in total. The van der Waals surface area contributed by atoms with Crippen molar-refractivity contribution in [2.45, 2.75) is 52.4 Å². The van der Waals surface area contributed by atoms with Gasteiger partial charge < -0.3 is 15.0 Å². The van der Waals surface area contributed by atoms with Gasteiger partial charge in [-0.3, -0.25) is 9.69 Å². The summed E-state index contributed by atoms with van der Waals surface area (Å²) in [6.45, 7) is 7.38. The SMILES string of the molecule is CC.CC(=O)Nc1ccn(C(=O)N2CCN(Cc3ccc(C(F)(F)F)cc3OC3CCS(=O)(=O)CC3)CC2)n1. The summed E-state index contributed by atoms with van der Waals surface area (Å²) < 4.78 is 70.5. The molecule has 0 bridgehead atoms. The van der Waals surface area contributed by atoms with Crippen LogP contribution in [0.4, 0.5) is 23.8 Å². The van der Waals surface area contributed by atoms with Gasteiger partial charge in [0, 0.05) is 57.5 Å². The first-order valence-electron chi connectivity index (χ1n) is 12.8. The lowest BCUT2D eigenvalue weighted by Crippen LogP contribution is -2.49. The first-order valence-corrected chi connectivity index (χ1v) is 14.6. The highest BCUT2D eigenvalue weighted by molar-refractivity contribution is 7.91. The molecule has 2 saturated heterocycles. The summed E-state index contributed by atoms with van der Waals surface area (Å²) >= 11 is 0. The van der Waals surface area contributed by atoms with Crippen LogP contribution in [0.25, 0.3) is 0 Å². The molecule has 2 aliphatic heterocycles. The number of ether oxygens (including phenoxy) is 1. The number of nitrogens with zero attached hydrogens (tertiary/aromatic N) is 4. The fraction of sp³-hybridized carbons (Fsp3) is 0.560. The highest BCUT2D eigenvalue weighted by Crippen LogP contribution is 2.35. The second kappa shape index (κ2) is 12.8. The molecule has 0 radical (unpaired) electrons. The molecule has 2 aliphatic rings. The Balaban J connectivity index is 0.00000205. The van der Waals surface area contributed by atoms with Crippen LogP contribution in [-0.4, -0.2) is 83.7 Å². The van der Waals surface area contributed by atoms with Gasteiger partial charge in [-0.15, -0.1) is 5.10 Å². The molecule has 0 saturated carbocycles. The van der Waals surface area contributed by atoms with E-state index in [4.69, 9.17) is 4.74 Å². The van der Waals surface area contributed by atoms with Crippen molar-refractivity contribution in [3.05, 3.63) is 41.6 Å². The van der Waals surface area contributed by atoms with E-state index in [-0.39, 0.29) is 47.9 Å². The molecule has 10 nitrogen and oxygen atoms in total. The third-order valence-electron chi connectivity index (χ3n) is 6.32. The van der Waals surface area contributed by atoms with Crippen LogP contribution in [0.15, 0.2) is 30.5 Å². The van der Waals surface area contributed by atoms with Crippen molar-refractivity contribution in [2.24, 2.45) is 0 Å². The molecule has 2 fully saturated rings. The van der Waals surface area contributed by atoms with Crippen LogP contribution in [0, 0.1) is 0 Å². The van der Waals surface area contributed by atoms with E-state index in [1.165, 1.54) is 25.3 Å². The van der Waals surface area contributed by atoms with Gasteiger partial charge in [0.25, 0.3) is 0 Å². The first-order chi connectivity index (χ1) is 18.4. The highest BCUT2D eigenvalue weighted by atomic mass is 32.2. The molecular weight excluding hydrogens is 539 g/mol. The fourth-order valence-electron chi connectivity index (χ4n) is 4.30. The molecule has 4 rings (SSSR count). The quantitative estimate of drug-likeness (QED) is 0.581. The van der Waals surface area contributed by atoms with E-state index in [2.05, 4.69) is 10.4 Å². The molecule has 216 valence electrons. The molecular formula is C25H34F3N5O5S. The monoisotopic (exact) mass is 573 g/mol. The summed E-state index contributed by atoms with van der Waals surface area (Å²) in [6, 6.07) is 4.55. The number of aromatic nitrogens is 2. The summed E-state index contributed by atoms with van der Waals surface area (Å²) in [7, 11) is -3.13. The number of hydrogen-bond acceptors (Lipinski definition) is 7. The number of sulfone groups is 1. The maximum Gasteiger partial charge on any atom is 0.416 e. The van der Waals surface area contributed by atoms with Gasteiger partial charge >= 0.3 is 12.2 Å². The van der Waals surface area contributed by atoms with Crippen LogP contribution in [0.2, 0.25) is 0 Å². The van der Waals surface area contributed by atoms with Crippen LogP contribution in [0.3, 0.4) is 0 Å². The molecule has 2 aromatic rings. The summed E-state index contributed by atoms with van der Waals surface area (Å²) in [5.74, 6) is -0.0364. The first kappa shape index (κ1) is 30.4. The van der Waals surface area contributed by atoms with Gasteiger partial charge in [-0.2, -0.15) is 17.9 Å². The minimum absolute atomic E-state index is 0.0511. The maximum absolute atomic E-state index is 13.4. The second-order valence-corrected chi connectivity index (χ2v) is 11.5. The Bertz CT molecular complexity index is 1240. The fourth-order valence-corrected chi connectivity index (χ4v) is 5.75. The summed E-state index contributed by atoms with van der Waals surface area (Å²) in [5.41, 5.74) is -0.267. The molecule has 0 unspecified atom stereocenters. The van der Waals surface area contributed by atoms with E-state index in [0.717, 1.165) is 16.8 Å². The average molecular weight is 574 g/mol. The van der Waals surface area contributed by atoms with Crippen molar-refractivity contribution in [3.8, 4) is 5.75 Å². The summed E-state index contributed by atoms with van der Waals surface area (Å²) in [6.07, 6.45) is -3.09. The number of nitrogens with one attached hydrogen (secondary N) is 1. The topological polar surface area (TPSA) is 114 Å². The number of hydrogen-bond donors (Lipinski definition) is 1. The number of benzene rings is 1. The number of amides is 2. The van der Waals surface area contributed by atoms with Crippen LogP contribution in [0.5, 0.6) is 5.75 Å². The van der Waals surface area contributed by atoms with E-state index in [1.54, 1.807) is 4.90 Å².